The summed E-state index contributed by atoms with van der Waals surface area (Å²) in [4.78, 5) is 6.27. The van der Waals surface area contributed by atoms with Gasteiger partial charge in [-0.2, -0.15) is 13.2 Å². The maximum atomic E-state index is 12.1. The van der Waals surface area contributed by atoms with Gasteiger partial charge in [0, 0.05) is 5.69 Å². The first kappa shape index (κ1) is 12.6. The Morgan fingerprint density at radius 1 is 1.47 bits per heavy atom. The topological polar surface area (TPSA) is 28.7 Å². The Hall–Kier alpha value is -0.430. The lowest BCUT2D eigenvalue weighted by atomic mass is 10.3. The average molecular weight is 301 g/mol. The van der Waals surface area contributed by atoms with E-state index in [2.05, 4.69) is 25.9 Å². The molecule has 0 aliphatic heterocycles. The van der Waals surface area contributed by atoms with E-state index in [4.69, 9.17) is 12.2 Å². The summed E-state index contributed by atoms with van der Waals surface area (Å²) in [5.41, 5.74) is 0.634. The van der Waals surface area contributed by atoms with Gasteiger partial charge >= 0.3 is 6.18 Å². The fourth-order valence-corrected chi connectivity index (χ4v) is 1.78. The molecule has 0 aliphatic rings. The first-order valence-corrected chi connectivity index (χ1v) is 5.38. The molecule has 0 atom stereocenters. The van der Waals surface area contributed by atoms with Gasteiger partial charge < -0.3 is 4.98 Å². The number of nitrogens with zero attached hydrogens (tertiary/aromatic N) is 1. The third kappa shape index (κ3) is 3.57. The maximum absolute atomic E-state index is 12.1. The summed E-state index contributed by atoms with van der Waals surface area (Å²) < 4.78 is 37.0. The summed E-state index contributed by atoms with van der Waals surface area (Å²) in [6.07, 6.45) is -4.79. The van der Waals surface area contributed by atoms with Gasteiger partial charge in [-0.15, -0.1) is 0 Å². The number of rotatable bonds is 2. The Morgan fingerprint density at radius 2 is 2.07 bits per heavy atom. The molecule has 0 fully saturated rings. The monoisotopic (exact) mass is 300 g/mol. The molecule has 0 spiro atoms. The Labute approximate surface area is 98.1 Å². The molecular formula is C8H8BrF3N2S. The van der Waals surface area contributed by atoms with Crippen molar-refractivity contribution in [3.8, 4) is 0 Å². The largest absolute Gasteiger partial charge is 0.396 e. The van der Waals surface area contributed by atoms with E-state index in [1.807, 2.05) is 6.92 Å². The van der Waals surface area contributed by atoms with Crippen LogP contribution in [-0.4, -0.2) is 16.1 Å². The van der Waals surface area contributed by atoms with Crippen molar-refractivity contribution in [2.45, 2.75) is 25.9 Å². The summed E-state index contributed by atoms with van der Waals surface area (Å²) in [5, 5.41) is 0. The molecule has 0 radical (unpaired) electrons. The highest BCUT2D eigenvalue weighted by Gasteiger charge is 2.29. The number of H-pyrrole nitrogens is 1. The Morgan fingerprint density at radius 3 is 2.53 bits per heavy atom. The Kier molecular flexibility index (Phi) is 3.88. The van der Waals surface area contributed by atoms with Crippen LogP contribution in [0, 0.1) is 4.64 Å². The van der Waals surface area contributed by atoms with Crippen molar-refractivity contribution >= 4 is 28.1 Å². The molecule has 0 amide bonds. The quantitative estimate of drug-likeness (QED) is 0.846. The van der Waals surface area contributed by atoms with Crippen LogP contribution in [0.2, 0.25) is 0 Å². The molecule has 1 rings (SSSR count). The molecule has 0 aliphatic carbocycles. The van der Waals surface area contributed by atoms with Crippen LogP contribution in [0.5, 0.6) is 0 Å². The van der Waals surface area contributed by atoms with Gasteiger partial charge in [0.2, 0.25) is 0 Å². The molecule has 84 valence electrons. The number of halogens is 4. The van der Waals surface area contributed by atoms with Crippen molar-refractivity contribution in [2.24, 2.45) is 0 Å². The number of aromatic nitrogens is 2. The Bertz CT molecular complexity index is 413. The van der Waals surface area contributed by atoms with E-state index in [9.17, 15) is 13.2 Å². The predicted octanol–water partition coefficient (Wildman–Crippen LogP) is 3.57. The summed E-state index contributed by atoms with van der Waals surface area (Å²) in [7, 11) is 0. The van der Waals surface area contributed by atoms with E-state index in [-0.39, 0.29) is 10.5 Å². The minimum Gasteiger partial charge on any atom is -0.346 e. The van der Waals surface area contributed by atoms with Crippen LogP contribution in [0.3, 0.4) is 0 Å². The number of hydrogen-bond acceptors (Lipinski definition) is 2. The lowest BCUT2D eigenvalue weighted by molar-refractivity contribution is -0.128. The van der Waals surface area contributed by atoms with E-state index in [0.717, 1.165) is 0 Å². The zero-order valence-corrected chi connectivity index (χ0v) is 10.2. The zero-order chi connectivity index (χ0) is 11.6. The highest BCUT2D eigenvalue weighted by molar-refractivity contribution is 9.10. The minimum absolute atomic E-state index is 0.146. The van der Waals surface area contributed by atoms with E-state index in [0.29, 0.717) is 16.6 Å². The average Bonchev–Trinajstić information content (AvgIpc) is 2.08. The number of nitrogens with one attached hydrogen (secondary N) is 1. The third-order valence-corrected chi connectivity index (χ3v) is 3.12. The second kappa shape index (κ2) is 4.61. The molecule has 0 unspecified atom stereocenters. The molecule has 0 aromatic carbocycles. The molecular weight excluding hydrogens is 293 g/mol. The third-order valence-electron chi connectivity index (χ3n) is 1.71. The van der Waals surface area contributed by atoms with Gasteiger partial charge in [0.25, 0.3) is 0 Å². The van der Waals surface area contributed by atoms with Gasteiger partial charge in [0.1, 0.15) is 16.9 Å². The number of aryl methyl sites for hydroxylation is 1. The number of aromatic amines is 1. The standard InChI is InChI=1S/C8H8BrF3N2S/c1-2-4-6(9)7(15)14-5(13-4)3-8(10,11)12/h2-3H2,1H3,(H,13,14,15). The van der Waals surface area contributed by atoms with E-state index < -0.39 is 12.6 Å². The second-order valence-corrected chi connectivity index (χ2v) is 4.11. The summed E-state index contributed by atoms with van der Waals surface area (Å²) in [5.74, 6) is -0.146. The highest BCUT2D eigenvalue weighted by atomic mass is 79.9. The number of alkyl halides is 3. The van der Waals surface area contributed by atoms with Crippen molar-refractivity contribution < 1.29 is 13.2 Å². The van der Waals surface area contributed by atoms with Crippen LogP contribution >= 0.6 is 28.1 Å². The fourth-order valence-electron chi connectivity index (χ4n) is 1.07. The van der Waals surface area contributed by atoms with Crippen molar-refractivity contribution in [3.63, 3.8) is 0 Å². The lowest BCUT2D eigenvalue weighted by Gasteiger charge is -2.08. The van der Waals surface area contributed by atoms with Crippen molar-refractivity contribution in [1.29, 1.82) is 0 Å². The van der Waals surface area contributed by atoms with Crippen molar-refractivity contribution in [2.75, 3.05) is 0 Å². The van der Waals surface area contributed by atoms with Crippen molar-refractivity contribution in [3.05, 3.63) is 20.6 Å². The molecule has 1 aromatic heterocycles. The number of hydrogen-bond donors (Lipinski definition) is 1. The smallest absolute Gasteiger partial charge is 0.346 e. The molecule has 0 bridgehead atoms. The molecule has 2 nitrogen and oxygen atoms in total. The van der Waals surface area contributed by atoms with Gasteiger partial charge in [-0.05, 0) is 22.4 Å². The molecule has 1 N–H and O–H groups in total. The fraction of sp³-hybridized carbons (Fsp3) is 0.500. The van der Waals surface area contributed by atoms with Crippen LogP contribution in [0.15, 0.2) is 4.47 Å². The van der Waals surface area contributed by atoms with Crippen molar-refractivity contribution in [1.82, 2.24) is 9.97 Å². The molecule has 0 saturated carbocycles. The highest BCUT2D eigenvalue weighted by Crippen LogP contribution is 2.22. The lowest BCUT2D eigenvalue weighted by Crippen LogP contribution is -2.15. The van der Waals surface area contributed by atoms with E-state index in [1.165, 1.54) is 0 Å². The van der Waals surface area contributed by atoms with Gasteiger partial charge in [-0.1, -0.05) is 19.1 Å². The van der Waals surface area contributed by atoms with Crippen LogP contribution in [0.25, 0.3) is 0 Å². The van der Waals surface area contributed by atoms with Crippen LogP contribution in [0.1, 0.15) is 18.4 Å². The summed E-state index contributed by atoms with van der Waals surface area (Å²) in [6, 6.07) is 0. The van der Waals surface area contributed by atoms with E-state index in [1.54, 1.807) is 0 Å². The van der Waals surface area contributed by atoms with Crippen LogP contribution in [0.4, 0.5) is 13.2 Å². The minimum atomic E-state index is -4.27. The molecule has 15 heavy (non-hydrogen) atoms. The van der Waals surface area contributed by atoms with Crippen LogP contribution < -0.4 is 0 Å². The van der Waals surface area contributed by atoms with Gasteiger partial charge in [-0.25, -0.2) is 4.98 Å². The normalized spacial score (nSPS) is 11.8. The Balaban J connectivity index is 3.12. The molecule has 1 heterocycles. The predicted molar refractivity (Wildman–Crippen MR) is 56.3 cm³/mol. The second-order valence-electron chi connectivity index (χ2n) is 2.93. The van der Waals surface area contributed by atoms with E-state index >= 15 is 0 Å². The summed E-state index contributed by atoms with van der Waals surface area (Å²) in [6.45, 7) is 1.82. The summed E-state index contributed by atoms with van der Waals surface area (Å²) >= 11 is 8.01. The maximum Gasteiger partial charge on any atom is 0.396 e. The first-order chi connectivity index (χ1) is 6.83. The van der Waals surface area contributed by atoms with Gasteiger partial charge in [-0.3, -0.25) is 0 Å². The SMILES string of the molecule is CCc1[nH]c(CC(F)(F)F)nc(=S)c1Br. The first-order valence-electron chi connectivity index (χ1n) is 4.18. The van der Waals surface area contributed by atoms with Crippen LogP contribution in [-0.2, 0) is 12.8 Å². The van der Waals surface area contributed by atoms with Gasteiger partial charge in [0.15, 0.2) is 0 Å². The molecule has 1 aromatic rings. The molecule has 7 heteroatoms. The molecule has 0 saturated heterocycles. The van der Waals surface area contributed by atoms with Gasteiger partial charge in [0.05, 0.1) is 4.47 Å². The zero-order valence-electron chi connectivity index (χ0n) is 7.78.